The van der Waals surface area contributed by atoms with E-state index < -0.39 is 0 Å². The third kappa shape index (κ3) is 2.11. The molecule has 1 atom stereocenters. The summed E-state index contributed by atoms with van der Waals surface area (Å²) in [5, 5.41) is 0.835. The lowest BCUT2D eigenvalue weighted by molar-refractivity contribution is 0.157. The number of benzene rings is 1. The second kappa shape index (κ2) is 4.42. The molecule has 15 heavy (non-hydrogen) atoms. The van der Waals surface area contributed by atoms with Crippen molar-refractivity contribution in [2.45, 2.75) is 19.4 Å². The molecule has 1 unspecified atom stereocenters. The smallest absolute Gasteiger partial charge is 0.0666 e. The third-order valence-electron chi connectivity index (χ3n) is 2.91. The van der Waals surface area contributed by atoms with E-state index in [0.29, 0.717) is 6.04 Å². The lowest BCUT2D eigenvalue weighted by Gasteiger charge is -2.43. The summed E-state index contributed by atoms with van der Waals surface area (Å²) in [6.45, 7) is 3.95. The fraction of sp³-hybridized carbons (Fsp3) is 0.500. The molecule has 3 heteroatoms. The van der Waals surface area contributed by atoms with Gasteiger partial charge in [0.25, 0.3) is 0 Å². The number of aryl methyl sites for hydroxylation is 1. The number of ether oxygens (including phenoxy) is 1. The molecular formula is C12H16ClNO. The molecule has 0 spiro atoms. The Morgan fingerprint density at radius 2 is 2.33 bits per heavy atom. The van der Waals surface area contributed by atoms with E-state index in [0.717, 1.165) is 23.9 Å². The van der Waals surface area contributed by atoms with Gasteiger partial charge in [0.15, 0.2) is 0 Å². The summed E-state index contributed by atoms with van der Waals surface area (Å²) >= 11 is 6.19. The van der Waals surface area contributed by atoms with Crippen molar-refractivity contribution in [2.24, 2.45) is 0 Å². The van der Waals surface area contributed by atoms with Crippen LogP contribution in [0.25, 0.3) is 0 Å². The van der Waals surface area contributed by atoms with Gasteiger partial charge in [-0.1, -0.05) is 17.7 Å². The predicted octanol–water partition coefficient (Wildman–Crippen LogP) is 2.87. The minimum Gasteiger partial charge on any atom is -0.383 e. The zero-order valence-corrected chi connectivity index (χ0v) is 9.92. The average Bonchev–Trinajstić information content (AvgIpc) is 2.18. The molecule has 2 rings (SSSR count). The normalized spacial score (nSPS) is 20.2. The summed E-state index contributed by atoms with van der Waals surface area (Å²) in [6.07, 6.45) is 1.19. The molecule has 0 bridgehead atoms. The molecule has 1 aromatic carbocycles. The van der Waals surface area contributed by atoms with E-state index in [1.165, 1.54) is 12.0 Å². The molecule has 1 aromatic rings. The van der Waals surface area contributed by atoms with Crippen LogP contribution in [0.4, 0.5) is 5.69 Å². The van der Waals surface area contributed by atoms with Crippen molar-refractivity contribution in [3.8, 4) is 0 Å². The maximum absolute atomic E-state index is 6.19. The highest BCUT2D eigenvalue weighted by molar-refractivity contribution is 6.33. The number of methoxy groups -OCH3 is 1. The van der Waals surface area contributed by atoms with Crippen LogP contribution in [0.2, 0.25) is 5.02 Å². The summed E-state index contributed by atoms with van der Waals surface area (Å²) < 4.78 is 5.18. The molecule has 0 aromatic heterocycles. The maximum Gasteiger partial charge on any atom is 0.0666 e. The van der Waals surface area contributed by atoms with Crippen LogP contribution < -0.4 is 4.90 Å². The van der Waals surface area contributed by atoms with Crippen LogP contribution in [0.3, 0.4) is 0 Å². The lowest BCUT2D eigenvalue weighted by Crippen LogP contribution is -2.50. The van der Waals surface area contributed by atoms with Crippen LogP contribution in [-0.2, 0) is 4.74 Å². The van der Waals surface area contributed by atoms with Gasteiger partial charge in [0.05, 0.1) is 23.4 Å². The summed E-state index contributed by atoms with van der Waals surface area (Å²) in [4.78, 5) is 2.32. The molecule has 0 amide bonds. The minimum atomic E-state index is 0.495. The van der Waals surface area contributed by atoms with Crippen LogP contribution in [0, 0.1) is 6.92 Å². The molecule has 2 nitrogen and oxygen atoms in total. The van der Waals surface area contributed by atoms with E-state index in [1.807, 2.05) is 12.1 Å². The van der Waals surface area contributed by atoms with Gasteiger partial charge in [-0.25, -0.2) is 0 Å². The van der Waals surface area contributed by atoms with Crippen molar-refractivity contribution >= 4 is 17.3 Å². The molecule has 1 heterocycles. The highest BCUT2D eigenvalue weighted by Crippen LogP contribution is 2.33. The van der Waals surface area contributed by atoms with Gasteiger partial charge < -0.3 is 9.64 Å². The number of anilines is 1. The molecule has 0 saturated carbocycles. The summed E-state index contributed by atoms with van der Waals surface area (Å²) in [7, 11) is 1.74. The SMILES string of the molecule is COCC1CCN1c1cc(C)ccc1Cl. The van der Waals surface area contributed by atoms with Gasteiger partial charge in [-0.2, -0.15) is 0 Å². The van der Waals surface area contributed by atoms with Crippen molar-refractivity contribution in [3.05, 3.63) is 28.8 Å². The summed E-state index contributed by atoms with van der Waals surface area (Å²) in [5.41, 5.74) is 2.39. The first-order valence-corrected chi connectivity index (χ1v) is 5.62. The van der Waals surface area contributed by atoms with Gasteiger partial charge in [-0.15, -0.1) is 0 Å². The first-order valence-electron chi connectivity index (χ1n) is 5.24. The van der Waals surface area contributed by atoms with Crippen LogP contribution in [0.5, 0.6) is 0 Å². The summed E-state index contributed by atoms with van der Waals surface area (Å²) in [5.74, 6) is 0. The molecule has 0 radical (unpaired) electrons. The predicted molar refractivity (Wildman–Crippen MR) is 63.8 cm³/mol. The maximum atomic E-state index is 6.19. The Hall–Kier alpha value is -0.730. The van der Waals surface area contributed by atoms with Gasteiger partial charge in [-0.3, -0.25) is 0 Å². The fourth-order valence-corrected chi connectivity index (χ4v) is 2.19. The quantitative estimate of drug-likeness (QED) is 0.785. The molecule has 82 valence electrons. The second-order valence-electron chi connectivity index (χ2n) is 4.05. The first kappa shape index (κ1) is 10.8. The molecule has 1 aliphatic heterocycles. The van der Waals surface area contributed by atoms with Crippen molar-refractivity contribution in [1.82, 2.24) is 0 Å². The van der Waals surface area contributed by atoms with Crippen molar-refractivity contribution in [3.63, 3.8) is 0 Å². The number of hydrogen-bond donors (Lipinski definition) is 0. The Labute approximate surface area is 95.8 Å². The van der Waals surface area contributed by atoms with Crippen molar-refractivity contribution < 1.29 is 4.74 Å². The van der Waals surface area contributed by atoms with Crippen LogP contribution in [0.1, 0.15) is 12.0 Å². The van der Waals surface area contributed by atoms with Gasteiger partial charge in [-0.05, 0) is 31.0 Å². The number of halogens is 1. The largest absolute Gasteiger partial charge is 0.383 e. The van der Waals surface area contributed by atoms with Crippen LogP contribution in [-0.4, -0.2) is 26.3 Å². The highest BCUT2D eigenvalue weighted by atomic mass is 35.5. The van der Waals surface area contributed by atoms with Crippen LogP contribution >= 0.6 is 11.6 Å². The van der Waals surface area contributed by atoms with Gasteiger partial charge in [0, 0.05) is 13.7 Å². The molecular weight excluding hydrogens is 210 g/mol. The molecule has 0 N–H and O–H groups in total. The molecule has 1 saturated heterocycles. The highest BCUT2D eigenvalue weighted by Gasteiger charge is 2.29. The zero-order chi connectivity index (χ0) is 10.8. The van der Waals surface area contributed by atoms with Crippen molar-refractivity contribution in [1.29, 1.82) is 0 Å². The minimum absolute atomic E-state index is 0.495. The van der Waals surface area contributed by atoms with Gasteiger partial charge >= 0.3 is 0 Å². The average molecular weight is 226 g/mol. The Morgan fingerprint density at radius 3 is 2.93 bits per heavy atom. The number of nitrogens with zero attached hydrogens (tertiary/aromatic N) is 1. The Balaban J connectivity index is 2.18. The second-order valence-corrected chi connectivity index (χ2v) is 4.45. The Bertz CT molecular complexity index is 353. The molecule has 1 aliphatic rings. The third-order valence-corrected chi connectivity index (χ3v) is 3.23. The molecule has 1 fully saturated rings. The fourth-order valence-electron chi connectivity index (χ4n) is 1.97. The topological polar surface area (TPSA) is 12.5 Å². The molecule has 0 aliphatic carbocycles. The Kier molecular flexibility index (Phi) is 3.17. The summed E-state index contributed by atoms with van der Waals surface area (Å²) in [6, 6.07) is 6.64. The van der Waals surface area contributed by atoms with E-state index >= 15 is 0 Å². The van der Waals surface area contributed by atoms with E-state index in [9.17, 15) is 0 Å². The van der Waals surface area contributed by atoms with E-state index in [2.05, 4.69) is 17.9 Å². The zero-order valence-electron chi connectivity index (χ0n) is 9.16. The van der Waals surface area contributed by atoms with E-state index in [1.54, 1.807) is 7.11 Å². The van der Waals surface area contributed by atoms with E-state index in [4.69, 9.17) is 16.3 Å². The number of rotatable bonds is 3. The van der Waals surface area contributed by atoms with Gasteiger partial charge in [0.1, 0.15) is 0 Å². The number of hydrogen-bond acceptors (Lipinski definition) is 2. The van der Waals surface area contributed by atoms with Crippen molar-refractivity contribution in [2.75, 3.05) is 25.2 Å². The lowest BCUT2D eigenvalue weighted by atomic mass is 10.0. The Morgan fingerprint density at radius 1 is 1.53 bits per heavy atom. The van der Waals surface area contributed by atoms with Gasteiger partial charge in [0.2, 0.25) is 0 Å². The monoisotopic (exact) mass is 225 g/mol. The standard InChI is InChI=1S/C12H16ClNO/c1-9-3-4-11(13)12(7-9)14-6-5-10(14)8-15-2/h3-4,7,10H,5-6,8H2,1-2H3. The van der Waals surface area contributed by atoms with Crippen LogP contribution in [0.15, 0.2) is 18.2 Å². The first-order chi connectivity index (χ1) is 7.22. The van der Waals surface area contributed by atoms with E-state index in [-0.39, 0.29) is 0 Å².